The molecule has 0 aromatic carbocycles. The van der Waals surface area contributed by atoms with Gasteiger partial charge in [-0.15, -0.1) is 0 Å². The Morgan fingerprint density at radius 3 is 2.85 bits per heavy atom. The van der Waals surface area contributed by atoms with E-state index in [4.69, 9.17) is 21.9 Å². The Balaban J connectivity index is 3.14. The highest BCUT2D eigenvalue weighted by Gasteiger charge is 2.14. The van der Waals surface area contributed by atoms with E-state index in [1.54, 1.807) is 12.3 Å². The van der Waals surface area contributed by atoms with Crippen LogP contribution in [0.5, 0.6) is 5.88 Å². The molecule has 0 saturated heterocycles. The topological polar surface area (TPSA) is 100 Å². The number of hydrogen-bond acceptors (Lipinski definition) is 5. The van der Waals surface area contributed by atoms with Gasteiger partial charge in [-0.05, 0) is 6.07 Å². The number of hydrogen-bond donors (Lipinski definition) is 3. The first-order valence-corrected chi connectivity index (χ1v) is 3.94. The fourth-order valence-electron chi connectivity index (χ4n) is 1.12. The number of methoxy groups -OCH3 is 1. The molecule has 0 aliphatic carbocycles. The van der Waals surface area contributed by atoms with Gasteiger partial charge in [-0.1, -0.05) is 0 Å². The summed E-state index contributed by atoms with van der Waals surface area (Å²) in [7, 11) is 1.52. The summed E-state index contributed by atoms with van der Waals surface area (Å²) in [6.07, 6.45) is 1.57. The Hall–Kier alpha value is -1.33. The Morgan fingerprint density at radius 2 is 2.31 bits per heavy atom. The van der Waals surface area contributed by atoms with Crippen molar-refractivity contribution in [3.63, 3.8) is 0 Å². The molecule has 0 radical (unpaired) electrons. The molecule has 1 heterocycles. The third-order valence-corrected chi connectivity index (χ3v) is 1.81. The number of aromatic nitrogens is 1. The molecule has 1 unspecified atom stereocenters. The SMILES string of the molecule is COc1nccc(N)c1C(N)CN. The normalized spacial score (nSPS) is 12.5. The second-order valence-electron chi connectivity index (χ2n) is 2.67. The summed E-state index contributed by atoms with van der Waals surface area (Å²) in [6.45, 7) is 0.312. The van der Waals surface area contributed by atoms with Crippen molar-refractivity contribution in [2.75, 3.05) is 19.4 Å². The van der Waals surface area contributed by atoms with Crippen LogP contribution in [-0.2, 0) is 0 Å². The third-order valence-electron chi connectivity index (χ3n) is 1.81. The van der Waals surface area contributed by atoms with Crippen LogP contribution in [0.15, 0.2) is 12.3 Å². The number of nitrogen functional groups attached to an aromatic ring is 1. The molecular weight excluding hydrogens is 168 g/mol. The smallest absolute Gasteiger partial charge is 0.219 e. The molecule has 0 aliphatic heterocycles. The standard InChI is InChI=1S/C8H14N4O/c1-13-8-7(6(11)4-9)5(10)2-3-12-8/h2-3,6H,4,9,11H2,1H3,(H2,10,12). The quantitative estimate of drug-likeness (QED) is 0.592. The minimum atomic E-state index is -0.330. The van der Waals surface area contributed by atoms with Crippen molar-refractivity contribution < 1.29 is 4.74 Å². The lowest BCUT2D eigenvalue weighted by Crippen LogP contribution is -2.22. The van der Waals surface area contributed by atoms with Crippen molar-refractivity contribution in [3.05, 3.63) is 17.8 Å². The monoisotopic (exact) mass is 182 g/mol. The molecule has 1 aromatic heterocycles. The zero-order chi connectivity index (χ0) is 9.84. The molecule has 0 saturated carbocycles. The average Bonchev–Trinajstić information content (AvgIpc) is 2.16. The summed E-state index contributed by atoms with van der Waals surface area (Å²) in [5, 5.41) is 0. The number of pyridine rings is 1. The largest absolute Gasteiger partial charge is 0.481 e. The zero-order valence-electron chi connectivity index (χ0n) is 7.53. The number of ether oxygens (including phenoxy) is 1. The lowest BCUT2D eigenvalue weighted by molar-refractivity contribution is 0.389. The van der Waals surface area contributed by atoms with E-state index in [0.717, 1.165) is 0 Å². The maximum absolute atomic E-state index is 5.75. The second kappa shape index (κ2) is 4.06. The van der Waals surface area contributed by atoms with Crippen molar-refractivity contribution >= 4 is 5.69 Å². The number of anilines is 1. The number of rotatable bonds is 3. The highest BCUT2D eigenvalue weighted by molar-refractivity contribution is 5.52. The van der Waals surface area contributed by atoms with Gasteiger partial charge in [0.25, 0.3) is 0 Å². The fourth-order valence-corrected chi connectivity index (χ4v) is 1.12. The van der Waals surface area contributed by atoms with Crippen LogP contribution in [-0.4, -0.2) is 18.6 Å². The van der Waals surface area contributed by atoms with Crippen molar-refractivity contribution in [2.45, 2.75) is 6.04 Å². The van der Waals surface area contributed by atoms with E-state index in [1.807, 2.05) is 0 Å². The van der Waals surface area contributed by atoms with Crippen LogP contribution in [0.4, 0.5) is 5.69 Å². The first-order valence-electron chi connectivity index (χ1n) is 3.94. The molecule has 72 valence electrons. The molecule has 0 amide bonds. The first-order chi connectivity index (χ1) is 6.20. The van der Waals surface area contributed by atoms with Gasteiger partial charge in [0.05, 0.1) is 12.7 Å². The van der Waals surface area contributed by atoms with Crippen molar-refractivity contribution in [2.24, 2.45) is 11.5 Å². The van der Waals surface area contributed by atoms with E-state index in [2.05, 4.69) is 4.98 Å². The molecular formula is C8H14N4O. The molecule has 13 heavy (non-hydrogen) atoms. The van der Waals surface area contributed by atoms with E-state index in [1.165, 1.54) is 7.11 Å². The van der Waals surface area contributed by atoms with Crippen LogP contribution in [0.2, 0.25) is 0 Å². The minimum absolute atomic E-state index is 0.312. The predicted molar refractivity (Wildman–Crippen MR) is 51.2 cm³/mol. The third kappa shape index (κ3) is 1.88. The Kier molecular flexibility index (Phi) is 3.05. The molecule has 5 heteroatoms. The van der Waals surface area contributed by atoms with Crippen LogP contribution >= 0.6 is 0 Å². The Labute approximate surface area is 76.9 Å². The van der Waals surface area contributed by atoms with Crippen molar-refractivity contribution in [1.29, 1.82) is 0 Å². The minimum Gasteiger partial charge on any atom is -0.481 e. The molecule has 1 atom stereocenters. The van der Waals surface area contributed by atoms with Crippen molar-refractivity contribution in [3.8, 4) is 5.88 Å². The van der Waals surface area contributed by atoms with Gasteiger partial charge in [0.1, 0.15) is 0 Å². The van der Waals surface area contributed by atoms with Crippen LogP contribution in [0, 0.1) is 0 Å². The van der Waals surface area contributed by atoms with Gasteiger partial charge in [-0.3, -0.25) is 0 Å². The highest BCUT2D eigenvalue weighted by Crippen LogP contribution is 2.26. The highest BCUT2D eigenvalue weighted by atomic mass is 16.5. The van der Waals surface area contributed by atoms with Gasteiger partial charge in [0.15, 0.2) is 0 Å². The summed E-state index contributed by atoms with van der Waals surface area (Å²) in [5.41, 5.74) is 18.1. The van der Waals surface area contributed by atoms with Crippen LogP contribution in [0.1, 0.15) is 11.6 Å². The van der Waals surface area contributed by atoms with E-state index >= 15 is 0 Å². The van der Waals surface area contributed by atoms with Gasteiger partial charge in [0, 0.05) is 24.5 Å². The predicted octanol–water partition coefficient (Wildman–Crippen LogP) is -0.369. The molecule has 5 nitrogen and oxygen atoms in total. The van der Waals surface area contributed by atoms with Crippen LogP contribution in [0.3, 0.4) is 0 Å². The molecule has 0 spiro atoms. The maximum Gasteiger partial charge on any atom is 0.219 e. The maximum atomic E-state index is 5.75. The van der Waals surface area contributed by atoms with Gasteiger partial charge in [0.2, 0.25) is 5.88 Å². The van der Waals surface area contributed by atoms with Gasteiger partial charge in [-0.2, -0.15) is 0 Å². The van der Waals surface area contributed by atoms with Crippen molar-refractivity contribution in [1.82, 2.24) is 4.98 Å². The van der Waals surface area contributed by atoms with Crippen LogP contribution in [0.25, 0.3) is 0 Å². The lowest BCUT2D eigenvalue weighted by atomic mass is 10.1. The van der Waals surface area contributed by atoms with E-state index in [-0.39, 0.29) is 6.04 Å². The Morgan fingerprint density at radius 1 is 1.62 bits per heavy atom. The number of nitrogens with zero attached hydrogens (tertiary/aromatic N) is 1. The molecule has 0 bridgehead atoms. The molecule has 0 aliphatic rings. The van der Waals surface area contributed by atoms with Gasteiger partial charge >= 0.3 is 0 Å². The average molecular weight is 182 g/mol. The Bertz CT molecular complexity index is 289. The van der Waals surface area contributed by atoms with Gasteiger partial charge < -0.3 is 21.9 Å². The summed E-state index contributed by atoms with van der Waals surface area (Å²) in [6, 6.07) is 1.34. The molecule has 1 aromatic rings. The second-order valence-corrected chi connectivity index (χ2v) is 2.67. The molecule has 0 fully saturated rings. The van der Waals surface area contributed by atoms with E-state index < -0.39 is 0 Å². The summed E-state index contributed by atoms with van der Waals surface area (Å²) < 4.78 is 5.02. The summed E-state index contributed by atoms with van der Waals surface area (Å²) >= 11 is 0. The van der Waals surface area contributed by atoms with Gasteiger partial charge in [-0.25, -0.2) is 4.98 Å². The zero-order valence-corrected chi connectivity index (χ0v) is 7.53. The fraction of sp³-hybridized carbons (Fsp3) is 0.375. The first kappa shape index (κ1) is 9.76. The number of nitrogens with two attached hydrogens (primary N) is 3. The summed E-state index contributed by atoms with van der Waals surface area (Å²) in [4.78, 5) is 3.99. The molecule has 6 N–H and O–H groups in total. The lowest BCUT2D eigenvalue weighted by Gasteiger charge is -2.14. The van der Waals surface area contributed by atoms with Crippen LogP contribution < -0.4 is 21.9 Å². The van der Waals surface area contributed by atoms with E-state index in [9.17, 15) is 0 Å². The summed E-state index contributed by atoms with van der Waals surface area (Å²) in [5.74, 6) is 0.443. The molecule has 1 rings (SSSR count). The van der Waals surface area contributed by atoms with E-state index in [0.29, 0.717) is 23.7 Å².